The topological polar surface area (TPSA) is 77.8 Å². The smallest absolute Gasteiger partial charge is 0.429 e. The molecule has 0 aliphatic carbocycles. The predicted molar refractivity (Wildman–Crippen MR) is 107 cm³/mol. The number of ether oxygens (including phenoxy) is 2. The number of carbonyl (C=O) groups excluding carboxylic acids is 2. The van der Waals surface area contributed by atoms with Crippen LogP contribution in [-0.2, 0) is 9.53 Å². The summed E-state index contributed by atoms with van der Waals surface area (Å²) in [4.78, 5) is 36.7. The first-order valence-electron chi connectivity index (χ1n) is 8.16. The van der Waals surface area contributed by atoms with Crippen molar-refractivity contribution in [1.82, 2.24) is 4.68 Å². The minimum Gasteiger partial charge on any atom is -0.442 e. The zero-order chi connectivity index (χ0) is 20.5. The largest absolute Gasteiger partial charge is 0.442 e. The van der Waals surface area contributed by atoms with E-state index in [1.165, 1.54) is 19.2 Å². The van der Waals surface area contributed by atoms with Gasteiger partial charge in [-0.2, -0.15) is 0 Å². The van der Waals surface area contributed by atoms with Crippen molar-refractivity contribution in [2.75, 3.05) is 12.1 Å². The Morgan fingerprint density at radius 3 is 2.48 bits per heavy atom. The number of aromatic nitrogens is 1. The van der Waals surface area contributed by atoms with Crippen LogP contribution in [0.3, 0.4) is 0 Å². The summed E-state index contributed by atoms with van der Waals surface area (Å²) in [7, 11) is 1.36. The minimum atomic E-state index is -0.772. The molecular weight excluding hydrogens is 470 g/mol. The molecule has 1 aromatic carbocycles. The molecule has 27 heavy (non-hydrogen) atoms. The maximum atomic E-state index is 14.7. The van der Waals surface area contributed by atoms with Gasteiger partial charge in [-0.05, 0) is 55.5 Å². The van der Waals surface area contributed by atoms with E-state index >= 15 is 0 Å². The molecule has 1 heterocycles. The average Bonchev–Trinajstić information content (AvgIpc) is 2.55. The number of esters is 1. The lowest BCUT2D eigenvalue weighted by molar-refractivity contribution is -0.134. The van der Waals surface area contributed by atoms with Crippen LogP contribution >= 0.6 is 22.6 Å². The van der Waals surface area contributed by atoms with Crippen molar-refractivity contribution < 1.29 is 23.5 Å². The van der Waals surface area contributed by atoms with Gasteiger partial charge in [0.2, 0.25) is 5.43 Å². The molecule has 7 nitrogen and oxygen atoms in total. The van der Waals surface area contributed by atoms with Gasteiger partial charge in [-0.15, -0.1) is 0 Å². The Morgan fingerprint density at radius 1 is 1.30 bits per heavy atom. The summed E-state index contributed by atoms with van der Waals surface area (Å²) in [6, 6.07) is 2.70. The van der Waals surface area contributed by atoms with Gasteiger partial charge in [0.25, 0.3) is 0 Å². The standard InChI is InChI=1S/C18H20FIN2O5/c1-6-14(23)26-13-9-22(21(5)17(25)27-18(2,3)4)15-11(16(13)24)7-10(20)8-12(15)19/h7-9H,6H2,1-5H3. The van der Waals surface area contributed by atoms with Crippen molar-refractivity contribution in [3.8, 4) is 5.75 Å². The first-order chi connectivity index (χ1) is 12.4. The summed E-state index contributed by atoms with van der Waals surface area (Å²) < 4.78 is 26.6. The molecule has 2 aromatic rings. The molecule has 0 saturated heterocycles. The van der Waals surface area contributed by atoms with E-state index in [1.807, 2.05) is 22.6 Å². The Balaban J connectivity index is 2.73. The molecule has 9 heteroatoms. The van der Waals surface area contributed by atoms with Crippen LogP contribution in [0, 0.1) is 9.39 Å². The predicted octanol–water partition coefficient (Wildman–Crippen LogP) is 3.56. The Morgan fingerprint density at radius 2 is 1.93 bits per heavy atom. The quantitative estimate of drug-likeness (QED) is 0.486. The number of pyridine rings is 1. The van der Waals surface area contributed by atoms with Crippen molar-refractivity contribution in [2.45, 2.75) is 39.7 Å². The fraction of sp³-hybridized carbons (Fsp3) is 0.389. The van der Waals surface area contributed by atoms with E-state index in [2.05, 4.69) is 0 Å². The molecule has 146 valence electrons. The van der Waals surface area contributed by atoms with Crippen LogP contribution in [-0.4, -0.2) is 29.4 Å². The molecule has 0 aliphatic rings. The van der Waals surface area contributed by atoms with Crippen molar-refractivity contribution in [1.29, 1.82) is 0 Å². The lowest BCUT2D eigenvalue weighted by atomic mass is 10.2. The molecule has 0 fully saturated rings. The van der Waals surface area contributed by atoms with E-state index in [9.17, 15) is 18.8 Å². The molecule has 0 aliphatic heterocycles. The third-order valence-corrected chi connectivity index (χ3v) is 4.08. The number of hydrogen-bond donors (Lipinski definition) is 0. The minimum absolute atomic E-state index is 0.0174. The highest BCUT2D eigenvalue weighted by Gasteiger charge is 2.24. The third kappa shape index (κ3) is 4.76. The summed E-state index contributed by atoms with van der Waals surface area (Å²) in [5, 5.41) is 0.989. The first kappa shape index (κ1) is 21.1. The van der Waals surface area contributed by atoms with Crippen LogP contribution in [0.4, 0.5) is 9.18 Å². The Labute approximate surface area is 169 Å². The lowest BCUT2D eigenvalue weighted by Crippen LogP contribution is -2.41. The Bertz CT molecular complexity index is 965. The highest BCUT2D eigenvalue weighted by atomic mass is 127. The van der Waals surface area contributed by atoms with Gasteiger partial charge in [0.1, 0.15) is 11.1 Å². The SMILES string of the molecule is CCC(=O)Oc1cn(N(C)C(=O)OC(C)(C)C)c2c(F)cc(I)cc2c1=O. The first-order valence-corrected chi connectivity index (χ1v) is 9.24. The molecule has 0 radical (unpaired) electrons. The summed E-state index contributed by atoms with van der Waals surface area (Å²) in [5.74, 6) is -1.62. The van der Waals surface area contributed by atoms with E-state index in [0.29, 0.717) is 3.57 Å². The number of fused-ring (bicyclic) bond motifs is 1. The number of benzene rings is 1. The number of halogens is 2. The third-order valence-electron chi connectivity index (χ3n) is 3.46. The van der Waals surface area contributed by atoms with Crippen molar-refractivity contribution in [3.05, 3.63) is 37.9 Å². The van der Waals surface area contributed by atoms with Gasteiger partial charge in [-0.1, -0.05) is 6.92 Å². The van der Waals surface area contributed by atoms with Crippen molar-refractivity contribution in [3.63, 3.8) is 0 Å². The molecular formula is C18H20FIN2O5. The van der Waals surface area contributed by atoms with E-state index < -0.39 is 28.9 Å². The molecule has 0 spiro atoms. The van der Waals surface area contributed by atoms with Crippen LogP contribution < -0.4 is 15.2 Å². The maximum absolute atomic E-state index is 14.7. The zero-order valence-electron chi connectivity index (χ0n) is 15.6. The average molecular weight is 490 g/mol. The van der Waals surface area contributed by atoms with E-state index in [1.54, 1.807) is 27.7 Å². The summed E-state index contributed by atoms with van der Waals surface area (Å²) in [6.07, 6.45) is 0.399. The van der Waals surface area contributed by atoms with Crippen LogP contribution in [0.15, 0.2) is 23.1 Å². The normalized spacial score (nSPS) is 11.4. The fourth-order valence-electron chi connectivity index (χ4n) is 2.26. The van der Waals surface area contributed by atoms with Crippen LogP contribution in [0.25, 0.3) is 10.9 Å². The molecule has 0 atom stereocenters. The summed E-state index contributed by atoms with van der Waals surface area (Å²) >= 11 is 1.87. The number of carbonyl (C=O) groups is 2. The van der Waals surface area contributed by atoms with Gasteiger partial charge in [0.15, 0.2) is 11.6 Å². The van der Waals surface area contributed by atoms with Crippen molar-refractivity contribution >= 4 is 45.6 Å². The maximum Gasteiger partial charge on any atom is 0.429 e. The fourth-order valence-corrected chi connectivity index (χ4v) is 2.84. The van der Waals surface area contributed by atoms with Crippen LogP contribution in [0.5, 0.6) is 5.75 Å². The van der Waals surface area contributed by atoms with Gasteiger partial charge < -0.3 is 9.47 Å². The summed E-state index contributed by atoms with van der Waals surface area (Å²) in [5.41, 5.74) is -1.53. The van der Waals surface area contributed by atoms with E-state index in [-0.39, 0.29) is 23.1 Å². The van der Waals surface area contributed by atoms with Gasteiger partial charge in [-0.3, -0.25) is 9.59 Å². The number of nitrogens with zero attached hydrogens (tertiary/aromatic N) is 2. The molecule has 1 aromatic heterocycles. The second kappa shape index (κ2) is 7.83. The molecule has 1 amide bonds. The van der Waals surface area contributed by atoms with E-state index in [4.69, 9.17) is 9.47 Å². The van der Waals surface area contributed by atoms with Gasteiger partial charge in [0.05, 0.1) is 11.6 Å². The Kier molecular flexibility index (Phi) is 6.13. The number of amides is 1. The van der Waals surface area contributed by atoms with Gasteiger partial charge in [-0.25, -0.2) is 18.9 Å². The van der Waals surface area contributed by atoms with Gasteiger partial charge >= 0.3 is 12.1 Å². The second-order valence-electron chi connectivity index (χ2n) is 6.78. The second-order valence-corrected chi connectivity index (χ2v) is 8.03. The zero-order valence-corrected chi connectivity index (χ0v) is 17.8. The Hall–Kier alpha value is -2.17. The highest BCUT2D eigenvalue weighted by Crippen LogP contribution is 2.23. The van der Waals surface area contributed by atoms with Gasteiger partial charge in [0, 0.05) is 17.0 Å². The number of rotatable bonds is 3. The molecule has 2 rings (SSSR count). The summed E-state index contributed by atoms with van der Waals surface area (Å²) in [6.45, 7) is 6.66. The van der Waals surface area contributed by atoms with Crippen molar-refractivity contribution in [2.24, 2.45) is 0 Å². The highest BCUT2D eigenvalue weighted by molar-refractivity contribution is 14.1. The molecule has 0 unspecified atom stereocenters. The van der Waals surface area contributed by atoms with Crippen LogP contribution in [0.1, 0.15) is 34.1 Å². The molecule has 0 saturated carbocycles. The molecule has 0 N–H and O–H groups in total. The number of hydrogen-bond acceptors (Lipinski definition) is 5. The van der Waals surface area contributed by atoms with Crippen LogP contribution in [0.2, 0.25) is 0 Å². The molecule has 0 bridgehead atoms. The van der Waals surface area contributed by atoms with E-state index in [0.717, 1.165) is 15.9 Å². The lowest BCUT2D eigenvalue weighted by Gasteiger charge is -2.27. The monoisotopic (exact) mass is 490 g/mol.